The third-order valence-electron chi connectivity index (χ3n) is 7.20. The first-order valence-electron chi connectivity index (χ1n) is 13.0. The van der Waals surface area contributed by atoms with E-state index in [1.165, 1.54) is 18.6 Å². The van der Waals surface area contributed by atoms with Gasteiger partial charge in [-0.1, -0.05) is 31.4 Å². The zero-order valence-corrected chi connectivity index (χ0v) is 20.8. The molecule has 2 saturated carbocycles. The molecule has 2 amide bonds. The molecular weight excluding hydrogens is 445 g/mol. The molecule has 2 aliphatic rings. The average Bonchev–Trinajstić information content (AvgIpc) is 3.64. The second-order valence-electron chi connectivity index (χ2n) is 9.95. The van der Waals surface area contributed by atoms with Crippen LogP contribution in [0.5, 0.6) is 0 Å². The van der Waals surface area contributed by atoms with Crippen molar-refractivity contribution in [1.82, 2.24) is 14.4 Å². The van der Waals surface area contributed by atoms with Crippen molar-refractivity contribution >= 4 is 11.8 Å². The molecule has 6 nitrogen and oxygen atoms in total. The van der Waals surface area contributed by atoms with Crippen molar-refractivity contribution in [3.63, 3.8) is 0 Å². The number of hydrogen-bond acceptors (Lipinski definition) is 3. The topological polar surface area (TPSA) is 54.8 Å². The second kappa shape index (κ2) is 12.3. The molecule has 2 aliphatic carbocycles. The van der Waals surface area contributed by atoms with Crippen molar-refractivity contribution in [2.24, 2.45) is 5.92 Å². The number of carbonyl (C=O) groups excluding carboxylic acids is 2. The minimum Gasteiger partial charge on any atom is -0.385 e. The van der Waals surface area contributed by atoms with Crippen LogP contribution in [0.2, 0.25) is 0 Å². The molecular formula is C28H38FN3O3. The Hall–Kier alpha value is -2.67. The maximum absolute atomic E-state index is 13.7. The van der Waals surface area contributed by atoms with Crippen molar-refractivity contribution in [3.05, 3.63) is 59.7 Å². The highest BCUT2D eigenvalue weighted by Crippen LogP contribution is 2.31. The van der Waals surface area contributed by atoms with Crippen LogP contribution in [0.15, 0.2) is 42.6 Å². The number of amides is 2. The second-order valence-corrected chi connectivity index (χ2v) is 9.95. The first kappa shape index (κ1) is 25.4. The van der Waals surface area contributed by atoms with Crippen LogP contribution in [-0.4, -0.2) is 59.0 Å². The van der Waals surface area contributed by atoms with Gasteiger partial charge in [0.1, 0.15) is 5.82 Å². The van der Waals surface area contributed by atoms with E-state index in [0.717, 1.165) is 56.2 Å². The van der Waals surface area contributed by atoms with Gasteiger partial charge in [-0.25, -0.2) is 4.39 Å². The molecule has 2 fully saturated rings. The van der Waals surface area contributed by atoms with Crippen molar-refractivity contribution < 1.29 is 18.7 Å². The molecule has 1 aromatic heterocycles. The number of hydrogen-bond donors (Lipinski definition) is 0. The van der Waals surface area contributed by atoms with E-state index in [1.807, 2.05) is 17.2 Å². The number of benzene rings is 1. The van der Waals surface area contributed by atoms with Crippen LogP contribution in [0.3, 0.4) is 0 Å². The number of ether oxygens (including phenoxy) is 1. The minimum absolute atomic E-state index is 0.0258. The number of aromatic nitrogens is 1. The van der Waals surface area contributed by atoms with Gasteiger partial charge in [0.2, 0.25) is 11.8 Å². The highest BCUT2D eigenvalue weighted by atomic mass is 19.1. The van der Waals surface area contributed by atoms with Gasteiger partial charge in [0.05, 0.1) is 13.1 Å². The van der Waals surface area contributed by atoms with E-state index < -0.39 is 0 Å². The number of rotatable bonds is 12. The van der Waals surface area contributed by atoms with Crippen LogP contribution in [0.1, 0.15) is 62.6 Å². The molecule has 0 N–H and O–H groups in total. The summed E-state index contributed by atoms with van der Waals surface area (Å²) in [6.07, 6.45) is 10.1. The van der Waals surface area contributed by atoms with Crippen LogP contribution in [0.25, 0.3) is 0 Å². The van der Waals surface area contributed by atoms with E-state index in [-0.39, 0.29) is 36.1 Å². The van der Waals surface area contributed by atoms with Crippen molar-refractivity contribution in [3.8, 4) is 0 Å². The standard InChI is InChI=1S/C28H38FN3O3/c1-35-18-6-17-31(28(34)23-12-13-23)21-27(33)32(25-7-3-2-4-8-25)20-26-9-5-16-30(26)19-22-10-14-24(29)15-11-22/h5,9-11,14-16,23,25H,2-4,6-8,12-13,17-21H2,1H3. The lowest BCUT2D eigenvalue weighted by atomic mass is 9.94. The van der Waals surface area contributed by atoms with Gasteiger partial charge in [-0.05, 0) is 61.9 Å². The monoisotopic (exact) mass is 483 g/mol. The molecule has 7 heteroatoms. The largest absolute Gasteiger partial charge is 0.385 e. The number of methoxy groups -OCH3 is 1. The summed E-state index contributed by atoms with van der Waals surface area (Å²) in [7, 11) is 1.66. The Balaban J connectivity index is 1.49. The Labute approximate surface area is 208 Å². The van der Waals surface area contributed by atoms with E-state index >= 15 is 0 Å². The SMILES string of the molecule is COCCCN(CC(=O)N(Cc1cccn1Cc1ccc(F)cc1)C1CCCCC1)C(=O)C1CC1. The summed E-state index contributed by atoms with van der Waals surface area (Å²) in [5.74, 6) is -0.0247. The van der Waals surface area contributed by atoms with Gasteiger partial charge in [-0.2, -0.15) is 0 Å². The molecule has 1 heterocycles. The lowest BCUT2D eigenvalue weighted by Crippen LogP contribution is -2.48. The summed E-state index contributed by atoms with van der Waals surface area (Å²) in [6.45, 7) is 2.40. The normalized spacial score (nSPS) is 16.3. The van der Waals surface area contributed by atoms with Gasteiger partial charge >= 0.3 is 0 Å². The fourth-order valence-corrected chi connectivity index (χ4v) is 5.03. The van der Waals surface area contributed by atoms with E-state index in [9.17, 15) is 14.0 Å². The summed E-state index contributed by atoms with van der Waals surface area (Å²) < 4.78 is 20.6. The fourth-order valence-electron chi connectivity index (χ4n) is 5.03. The molecule has 0 atom stereocenters. The van der Waals surface area contributed by atoms with Gasteiger partial charge in [-0.15, -0.1) is 0 Å². The highest BCUT2D eigenvalue weighted by Gasteiger charge is 2.35. The van der Waals surface area contributed by atoms with Crippen molar-refractivity contribution in [2.45, 2.75) is 70.5 Å². The van der Waals surface area contributed by atoms with Crippen LogP contribution in [-0.2, 0) is 27.4 Å². The summed E-state index contributed by atoms with van der Waals surface area (Å²) in [5, 5.41) is 0. The number of nitrogens with zero attached hydrogens (tertiary/aromatic N) is 3. The number of carbonyl (C=O) groups is 2. The van der Waals surface area contributed by atoms with E-state index in [1.54, 1.807) is 24.1 Å². The zero-order valence-electron chi connectivity index (χ0n) is 20.8. The Morgan fingerprint density at radius 2 is 1.80 bits per heavy atom. The predicted octanol–water partition coefficient (Wildman–Crippen LogP) is 4.61. The van der Waals surface area contributed by atoms with Crippen molar-refractivity contribution in [1.29, 1.82) is 0 Å². The maximum atomic E-state index is 13.7. The maximum Gasteiger partial charge on any atom is 0.242 e. The molecule has 0 saturated heterocycles. The summed E-state index contributed by atoms with van der Waals surface area (Å²) in [6, 6.07) is 10.8. The van der Waals surface area contributed by atoms with Crippen LogP contribution >= 0.6 is 0 Å². The van der Waals surface area contributed by atoms with E-state index in [0.29, 0.717) is 26.2 Å². The molecule has 0 unspecified atom stereocenters. The molecule has 2 aromatic rings. The molecule has 35 heavy (non-hydrogen) atoms. The Morgan fingerprint density at radius 3 is 2.49 bits per heavy atom. The first-order valence-corrected chi connectivity index (χ1v) is 13.0. The molecule has 190 valence electrons. The molecule has 1 aromatic carbocycles. The molecule has 0 spiro atoms. The quantitative estimate of drug-likeness (QED) is 0.414. The fraction of sp³-hybridized carbons (Fsp3) is 0.571. The summed E-state index contributed by atoms with van der Waals surface area (Å²) >= 11 is 0. The summed E-state index contributed by atoms with van der Waals surface area (Å²) in [4.78, 5) is 30.4. The summed E-state index contributed by atoms with van der Waals surface area (Å²) in [5.41, 5.74) is 2.06. The lowest BCUT2D eigenvalue weighted by molar-refractivity contribution is -0.143. The van der Waals surface area contributed by atoms with Gasteiger partial charge in [0, 0.05) is 50.7 Å². The highest BCUT2D eigenvalue weighted by molar-refractivity contribution is 5.87. The molecule has 0 aliphatic heterocycles. The third-order valence-corrected chi connectivity index (χ3v) is 7.20. The minimum atomic E-state index is -0.244. The van der Waals surface area contributed by atoms with Crippen LogP contribution < -0.4 is 0 Å². The third kappa shape index (κ3) is 7.17. The van der Waals surface area contributed by atoms with Gasteiger partial charge < -0.3 is 19.1 Å². The van der Waals surface area contributed by atoms with E-state index in [2.05, 4.69) is 10.6 Å². The Morgan fingerprint density at radius 1 is 1.06 bits per heavy atom. The van der Waals surface area contributed by atoms with Crippen LogP contribution in [0.4, 0.5) is 4.39 Å². The van der Waals surface area contributed by atoms with Gasteiger partial charge in [0.25, 0.3) is 0 Å². The Kier molecular flexibility index (Phi) is 8.96. The van der Waals surface area contributed by atoms with Crippen LogP contribution in [0, 0.1) is 11.7 Å². The average molecular weight is 484 g/mol. The van der Waals surface area contributed by atoms with E-state index in [4.69, 9.17) is 4.74 Å². The van der Waals surface area contributed by atoms with Gasteiger partial charge in [0.15, 0.2) is 0 Å². The van der Waals surface area contributed by atoms with Gasteiger partial charge in [-0.3, -0.25) is 9.59 Å². The Bertz CT molecular complexity index is 964. The lowest BCUT2D eigenvalue weighted by Gasteiger charge is -2.36. The molecule has 0 radical (unpaired) electrons. The molecule has 4 rings (SSSR count). The molecule has 0 bridgehead atoms. The predicted molar refractivity (Wildman–Crippen MR) is 133 cm³/mol. The first-order chi connectivity index (χ1) is 17.0. The van der Waals surface area contributed by atoms with Crippen molar-refractivity contribution in [2.75, 3.05) is 26.8 Å². The smallest absolute Gasteiger partial charge is 0.242 e. The zero-order chi connectivity index (χ0) is 24.6. The number of halogens is 1.